The fourth-order valence-corrected chi connectivity index (χ4v) is 1.84. The Morgan fingerprint density at radius 3 is 2.33 bits per heavy atom. The number of carboxylic acids is 1. The molecule has 0 aromatic heterocycles. The van der Waals surface area contributed by atoms with Gasteiger partial charge in [-0.1, -0.05) is 24.3 Å². The predicted octanol–water partition coefficient (Wildman–Crippen LogP) is 1.86. The van der Waals surface area contributed by atoms with E-state index in [2.05, 4.69) is 5.32 Å². The van der Waals surface area contributed by atoms with E-state index in [-0.39, 0.29) is 5.91 Å². The molecule has 2 N–H and O–H groups in total. The van der Waals surface area contributed by atoms with Crippen LogP contribution >= 0.6 is 0 Å². The number of nitrogens with one attached hydrogen (secondary N) is 1. The first-order chi connectivity index (χ1) is 8.26. The summed E-state index contributed by atoms with van der Waals surface area (Å²) in [5, 5.41) is 11.3. The average Bonchev–Trinajstić information content (AvgIpc) is 2.28. The van der Waals surface area contributed by atoms with Crippen molar-refractivity contribution in [2.45, 2.75) is 39.2 Å². The topological polar surface area (TPSA) is 66.4 Å². The van der Waals surface area contributed by atoms with Crippen LogP contribution in [0.2, 0.25) is 0 Å². The molecule has 0 bridgehead atoms. The van der Waals surface area contributed by atoms with Gasteiger partial charge in [-0.2, -0.15) is 0 Å². The first-order valence-corrected chi connectivity index (χ1v) is 5.86. The molecular weight excluding hydrogens is 230 g/mol. The van der Waals surface area contributed by atoms with Crippen LogP contribution in [0, 0.1) is 6.92 Å². The molecule has 0 unspecified atom stereocenters. The molecule has 0 saturated heterocycles. The van der Waals surface area contributed by atoms with Crippen LogP contribution in [0.15, 0.2) is 24.3 Å². The summed E-state index contributed by atoms with van der Waals surface area (Å²) in [6, 6.07) is 6.72. The van der Waals surface area contributed by atoms with Gasteiger partial charge in [0, 0.05) is 0 Å². The second kappa shape index (κ2) is 5.21. The molecule has 1 rings (SSSR count). The van der Waals surface area contributed by atoms with Gasteiger partial charge in [0.2, 0.25) is 5.91 Å². The summed E-state index contributed by atoms with van der Waals surface area (Å²) >= 11 is 0. The zero-order valence-corrected chi connectivity index (χ0v) is 11.2. The molecule has 0 aliphatic heterocycles. The highest BCUT2D eigenvalue weighted by Crippen LogP contribution is 2.26. The van der Waals surface area contributed by atoms with Gasteiger partial charge in [0.05, 0.1) is 5.41 Å². The summed E-state index contributed by atoms with van der Waals surface area (Å²) in [6.07, 6.45) is 0. The van der Waals surface area contributed by atoms with Crippen LogP contribution in [0.25, 0.3) is 0 Å². The van der Waals surface area contributed by atoms with E-state index < -0.39 is 17.4 Å². The van der Waals surface area contributed by atoms with Gasteiger partial charge in [-0.15, -0.1) is 0 Å². The molecule has 0 radical (unpaired) electrons. The van der Waals surface area contributed by atoms with E-state index in [9.17, 15) is 9.59 Å². The molecule has 1 atom stereocenters. The molecule has 0 aliphatic rings. The smallest absolute Gasteiger partial charge is 0.325 e. The lowest BCUT2D eigenvalue weighted by molar-refractivity contribution is -0.142. The second-order valence-electron chi connectivity index (χ2n) is 4.97. The maximum absolute atomic E-state index is 12.2. The second-order valence-corrected chi connectivity index (χ2v) is 4.97. The highest BCUT2D eigenvalue weighted by Gasteiger charge is 2.32. The number of carbonyl (C=O) groups excluding carboxylic acids is 1. The molecule has 1 amide bonds. The SMILES string of the molecule is Cc1ccccc1C(C)(C)C(=O)N[C@@H](C)C(=O)O. The van der Waals surface area contributed by atoms with Crippen molar-refractivity contribution in [3.8, 4) is 0 Å². The van der Waals surface area contributed by atoms with Crippen LogP contribution in [0.4, 0.5) is 0 Å². The van der Waals surface area contributed by atoms with Crippen LogP contribution in [0.5, 0.6) is 0 Å². The van der Waals surface area contributed by atoms with Gasteiger partial charge in [-0.3, -0.25) is 9.59 Å². The van der Waals surface area contributed by atoms with Crippen molar-refractivity contribution in [3.63, 3.8) is 0 Å². The van der Waals surface area contributed by atoms with Crippen molar-refractivity contribution in [3.05, 3.63) is 35.4 Å². The molecule has 18 heavy (non-hydrogen) atoms. The Labute approximate surface area is 107 Å². The summed E-state index contributed by atoms with van der Waals surface area (Å²) in [7, 11) is 0. The van der Waals surface area contributed by atoms with E-state index in [0.29, 0.717) is 0 Å². The van der Waals surface area contributed by atoms with Crippen LogP contribution in [-0.4, -0.2) is 23.0 Å². The number of aryl methyl sites for hydroxylation is 1. The van der Waals surface area contributed by atoms with Gasteiger partial charge in [0.25, 0.3) is 0 Å². The fraction of sp³-hybridized carbons (Fsp3) is 0.429. The summed E-state index contributed by atoms with van der Waals surface area (Å²) in [5.74, 6) is -1.32. The Hall–Kier alpha value is -1.84. The number of hydrogen-bond acceptors (Lipinski definition) is 2. The van der Waals surface area contributed by atoms with Gasteiger partial charge in [-0.25, -0.2) is 0 Å². The number of rotatable bonds is 4. The highest BCUT2D eigenvalue weighted by atomic mass is 16.4. The fourth-order valence-electron chi connectivity index (χ4n) is 1.84. The monoisotopic (exact) mass is 249 g/mol. The Bertz CT molecular complexity index is 466. The third kappa shape index (κ3) is 2.88. The molecule has 0 fully saturated rings. The molecule has 0 aliphatic carbocycles. The third-order valence-electron chi connectivity index (χ3n) is 3.10. The van der Waals surface area contributed by atoms with E-state index in [1.54, 1.807) is 13.8 Å². The Kier molecular flexibility index (Phi) is 4.11. The van der Waals surface area contributed by atoms with Gasteiger partial charge in [0.1, 0.15) is 6.04 Å². The van der Waals surface area contributed by atoms with E-state index in [4.69, 9.17) is 5.11 Å². The first-order valence-electron chi connectivity index (χ1n) is 5.86. The molecule has 4 nitrogen and oxygen atoms in total. The molecule has 0 spiro atoms. The number of carbonyl (C=O) groups is 2. The lowest BCUT2D eigenvalue weighted by Crippen LogP contribution is -2.47. The maximum atomic E-state index is 12.2. The van der Waals surface area contributed by atoms with Crippen molar-refractivity contribution in [2.75, 3.05) is 0 Å². The highest BCUT2D eigenvalue weighted by molar-refractivity contribution is 5.90. The molecule has 98 valence electrons. The minimum Gasteiger partial charge on any atom is -0.480 e. The van der Waals surface area contributed by atoms with Crippen LogP contribution < -0.4 is 5.32 Å². The minimum atomic E-state index is -1.04. The number of aliphatic carboxylic acids is 1. The molecular formula is C14H19NO3. The van der Waals surface area contributed by atoms with Crippen molar-refractivity contribution >= 4 is 11.9 Å². The van der Waals surface area contributed by atoms with E-state index in [1.165, 1.54) is 6.92 Å². The molecule has 0 heterocycles. The largest absolute Gasteiger partial charge is 0.480 e. The predicted molar refractivity (Wildman–Crippen MR) is 69.4 cm³/mol. The standard InChI is InChI=1S/C14H19NO3/c1-9-7-5-6-8-11(9)14(3,4)13(18)15-10(2)12(16)17/h5-8,10H,1-4H3,(H,15,18)(H,16,17)/t10-/m0/s1. The lowest BCUT2D eigenvalue weighted by Gasteiger charge is -2.27. The minimum absolute atomic E-state index is 0.285. The molecule has 1 aromatic carbocycles. The third-order valence-corrected chi connectivity index (χ3v) is 3.10. The van der Waals surface area contributed by atoms with E-state index in [0.717, 1.165) is 11.1 Å². The van der Waals surface area contributed by atoms with Crippen LogP contribution in [0.3, 0.4) is 0 Å². The summed E-state index contributed by atoms with van der Waals surface area (Å²) in [4.78, 5) is 22.9. The Morgan fingerprint density at radius 2 is 1.83 bits per heavy atom. The lowest BCUT2D eigenvalue weighted by atomic mass is 9.81. The van der Waals surface area contributed by atoms with Crippen LogP contribution in [-0.2, 0) is 15.0 Å². The van der Waals surface area contributed by atoms with Crippen LogP contribution in [0.1, 0.15) is 31.9 Å². The summed E-state index contributed by atoms with van der Waals surface area (Å²) in [6.45, 7) is 6.97. The average molecular weight is 249 g/mol. The van der Waals surface area contributed by atoms with E-state index in [1.807, 2.05) is 31.2 Å². The van der Waals surface area contributed by atoms with Crippen molar-refractivity contribution < 1.29 is 14.7 Å². The van der Waals surface area contributed by atoms with Crippen molar-refractivity contribution in [2.24, 2.45) is 0 Å². The van der Waals surface area contributed by atoms with Gasteiger partial charge in [-0.05, 0) is 38.8 Å². The van der Waals surface area contributed by atoms with Gasteiger partial charge >= 0.3 is 5.97 Å². The quantitative estimate of drug-likeness (QED) is 0.856. The zero-order chi connectivity index (χ0) is 13.9. The Morgan fingerprint density at radius 1 is 1.28 bits per heavy atom. The van der Waals surface area contributed by atoms with Crippen molar-refractivity contribution in [1.29, 1.82) is 0 Å². The summed E-state index contributed by atoms with van der Waals surface area (Å²) in [5.41, 5.74) is 1.16. The number of benzene rings is 1. The van der Waals surface area contributed by atoms with Gasteiger partial charge < -0.3 is 10.4 Å². The maximum Gasteiger partial charge on any atom is 0.325 e. The number of carboxylic acid groups (broad SMARTS) is 1. The van der Waals surface area contributed by atoms with Gasteiger partial charge in [0.15, 0.2) is 0 Å². The zero-order valence-electron chi connectivity index (χ0n) is 11.2. The summed E-state index contributed by atoms with van der Waals surface area (Å²) < 4.78 is 0. The Balaban J connectivity index is 2.97. The molecule has 4 heteroatoms. The molecule has 1 aromatic rings. The number of hydrogen-bond donors (Lipinski definition) is 2. The first kappa shape index (κ1) is 14.2. The van der Waals surface area contributed by atoms with Crippen molar-refractivity contribution in [1.82, 2.24) is 5.32 Å². The molecule has 0 saturated carbocycles. The normalized spacial score (nSPS) is 12.9. The van der Waals surface area contributed by atoms with E-state index >= 15 is 0 Å². The number of amides is 1.